The standard InChI is InChI=1S/C9H18N2O/c1-10-9(12)5-4-8-3-2-6-11-7-8/h8,11H,2-7H2,1H3,(H,10,12). The van der Waals surface area contributed by atoms with Crippen molar-refractivity contribution < 1.29 is 4.79 Å². The highest BCUT2D eigenvalue weighted by atomic mass is 16.1. The van der Waals surface area contributed by atoms with Crippen molar-refractivity contribution in [1.82, 2.24) is 10.6 Å². The van der Waals surface area contributed by atoms with Gasteiger partial charge < -0.3 is 10.6 Å². The van der Waals surface area contributed by atoms with E-state index in [0.29, 0.717) is 6.42 Å². The zero-order chi connectivity index (χ0) is 8.81. The molecule has 1 atom stereocenters. The van der Waals surface area contributed by atoms with Crippen LogP contribution < -0.4 is 10.6 Å². The topological polar surface area (TPSA) is 41.1 Å². The summed E-state index contributed by atoms with van der Waals surface area (Å²) in [6, 6.07) is 0. The van der Waals surface area contributed by atoms with Gasteiger partial charge in [0, 0.05) is 13.5 Å². The summed E-state index contributed by atoms with van der Waals surface area (Å²) in [7, 11) is 1.70. The zero-order valence-corrected chi connectivity index (χ0v) is 7.73. The van der Waals surface area contributed by atoms with E-state index in [9.17, 15) is 4.79 Å². The second-order valence-corrected chi connectivity index (χ2v) is 3.42. The van der Waals surface area contributed by atoms with Crippen LogP contribution in [0, 0.1) is 5.92 Å². The summed E-state index contributed by atoms with van der Waals surface area (Å²) in [4.78, 5) is 10.9. The summed E-state index contributed by atoms with van der Waals surface area (Å²) in [5, 5.41) is 5.99. The van der Waals surface area contributed by atoms with Crippen LogP contribution in [0.15, 0.2) is 0 Å². The molecule has 0 aromatic carbocycles. The minimum atomic E-state index is 0.167. The van der Waals surface area contributed by atoms with Gasteiger partial charge in [0.05, 0.1) is 0 Å². The number of nitrogens with one attached hydrogen (secondary N) is 2. The first kappa shape index (κ1) is 9.52. The fourth-order valence-corrected chi connectivity index (χ4v) is 1.63. The lowest BCUT2D eigenvalue weighted by Crippen LogP contribution is -2.30. The third-order valence-electron chi connectivity index (χ3n) is 2.46. The van der Waals surface area contributed by atoms with E-state index in [1.54, 1.807) is 7.05 Å². The van der Waals surface area contributed by atoms with Gasteiger partial charge in [-0.1, -0.05) is 0 Å². The normalized spacial score (nSPS) is 23.6. The number of hydrogen-bond acceptors (Lipinski definition) is 2. The molecule has 1 unspecified atom stereocenters. The van der Waals surface area contributed by atoms with Gasteiger partial charge in [-0.05, 0) is 38.3 Å². The molecule has 1 aliphatic rings. The summed E-state index contributed by atoms with van der Waals surface area (Å²) in [6.07, 6.45) is 4.26. The van der Waals surface area contributed by atoms with Crippen molar-refractivity contribution in [2.24, 2.45) is 5.92 Å². The maximum atomic E-state index is 10.9. The Bertz CT molecular complexity index is 141. The van der Waals surface area contributed by atoms with Gasteiger partial charge >= 0.3 is 0 Å². The molecule has 12 heavy (non-hydrogen) atoms. The highest BCUT2D eigenvalue weighted by molar-refractivity contribution is 5.75. The minimum absolute atomic E-state index is 0.167. The van der Waals surface area contributed by atoms with Crippen LogP contribution in [-0.4, -0.2) is 26.0 Å². The van der Waals surface area contributed by atoms with Crippen molar-refractivity contribution >= 4 is 5.91 Å². The summed E-state index contributed by atoms with van der Waals surface area (Å²) in [5.74, 6) is 0.886. The van der Waals surface area contributed by atoms with Crippen molar-refractivity contribution in [2.45, 2.75) is 25.7 Å². The van der Waals surface area contributed by atoms with Gasteiger partial charge in [-0.15, -0.1) is 0 Å². The molecule has 1 rings (SSSR count). The SMILES string of the molecule is CNC(=O)CCC1CCCNC1. The molecule has 0 aliphatic carbocycles. The fourth-order valence-electron chi connectivity index (χ4n) is 1.63. The van der Waals surface area contributed by atoms with Crippen molar-refractivity contribution in [3.63, 3.8) is 0 Å². The maximum absolute atomic E-state index is 10.9. The lowest BCUT2D eigenvalue weighted by Gasteiger charge is -2.22. The van der Waals surface area contributed by atoms with Gasteiger partial charge in [-0.2, -0.15) is 0 Å². The first-order valence-electron chi connectivity index (χ1n) is 4.74. The molecule has 0 saturated carbocycles. The molecule has 0 radical (unpaired) electrons. The molecule has 0 aromatic rings. The highest BCUT2D eigenvalue weighted by Gasteiger charge is 2.13. The van der Waals surface area contributed by atoms with Crippen LogP contribution in [-0.2, 0) is 4.79 Å². The first-order chi connectivity index (χ1) is 5.83. The van der Waals surface area contributed by atoms with Gasteiger partial charge in [0.1, 0.15) is 0 Å². The molecular weight excluding hydrogens is 152 g/mol. The molecule has 0 spiro atoms. The smallest absolute Gasteiger partial charge is 0.219 e. The Labute approximate surface area is 73.9 Å². The van der Waals surface area contributed by atoms with E-state index in [-0.39, 0.29) is 5.91 Å². The molecule has 2 N–H and O–H groups in total. The van der Waals surface area contributed by atoms with E-state index in [1.807, 2.05) is 0 Å². The van der Waals surface area contributed by atoms with Crippen molar-refractivity contribution in [3.8, 4) is 0 Å². The second kappa shape index (κ2) is 5.14. The number of carbonyl (C=O) groups excluding carboxylic acids is 1. The number of carbonyl (C=O) groups is 1. The molecular formula is C9H18N2O. The van der Waals surface area contributed by atoms with Crippen LogP contribution in [0.2, 0.25) is 0 Å². The van der Waals surface area contributed by atoms with Crippen LogP contribution in [0.4, 0.5) is 0 Å². The number of amides is 1. The van der Waals surface area contributed by atoms with E-state index in [4.69, 9.17) is 0 Å². The lowest BCUT2D eigenvalue weighted by atomic mass is 9.95. The van der Waals surface area contributed by atoms with Crippen LogP contribution >= 0.6 is 0 Å². The van der Waals surface area contributed by atoms with Gasteiger partial charge in [-0.3, -0.25) is 4.79 Å². The number of rotatable bonds is 3. The molecule has 3 heteroatoms. The predicted octanol–water partition coefficient (Wildman–Crippen LogP) is 0.512. The Kier molecular flexibility index (Phi) is 4.08. The van der Waals surface area contributed by atoms with Gasteiger partial charge in [0.15, 0.2) is 0 Å². The van der Waals surface area contributed by atoms with E-state index in [0.717, 1.165) is 25.4 Å². The van der Waals surface area contributed by atoms with Crippen LogP contribution in [0.5, 0.6) is 0 Å². The highest BCUT2D eigenvalue weighted by Crippen LogP contribution is 2.15. The van der Waals surface area contributed by atoms with E-state index >= 15 is 0 Å². The summed E-state index contributed by atoms with van der Waals surface area (Å²) < 4.78 is 0. The second-order valence-electron chi connectivity index (χ2n) is 3.42. The maximum Gasteiger partial charge on any atom is 0.219 e. The Morgan fingerprint density at radius 2 is 2.50 bits per heavy atom. The fraction of sp³-hybridized carbons (Fsp3) is 0.889. The lowest BCUT2D eigenvalue weighted by molar-refractivity contribution is -0.120. The minimum Gasteiger partial charge on any atom is -0.359 e. The predicted molar refractivity (Wildman–Crippen MR) is 48.9 cm³/mol. The summed E-state index contributed by atoms with van der Waals surface area (Å²) in [6.45, 7) is 2.24. The number of piperidine rings is 1. The molecule has 1 saturated heterocycles. The molecule has 1 amide bonds. The monoisotopic (exact) mass is 170 g/mol. The van der Waals surface area contributed by atoms with E-state index in [2.05, 4.69) is 10.6 Å². The van der Waals surface area contributed by atoms with Crippen LogP contribution in [0.25, 0.3) is 0 Å². The Morgan fingerprint density at radius 3 is 3.08 bits per heavy atom. The van der Waals surface area contributed by atoms with E-state index < -0.39 is 0 Å². The van der Waals surface area contributed by atoms with E-state index in [1.165, 1.54) is 12.8 Å². The van der Waals surface area contributed by atoms with Crippen LogP contribution in [0.3, 0.4) is 0 Å². The van der Waals surface area contributed by atoms with Crippen molar-refractivity contribution in [1.29, 1.82) is 0 Å². The molecule has 1 fully saturated rings. The molecule has 0 aromatic heterocycles. The Balaban J connectivity index is 2.09. The van der Waals surface area contributed by atoms with Crippen LogP contribution in [0.1, 0.15) is 25.7 Å². The first-order valence-corrected chi connectivity index (χ1v) is 4.74. The Hall–Kier alpha value is -0.570. The van der Waals surface area contributed by atoms with Crippen molar-refractivity contribution in [3.05, 3.63) is 0 Å². The van der Waals surface area contributed by atoms with Crippen molar-refractivity contribution in [2.75, 3.05) is 20.1 Å². The average Bonchev–Trinajstić information content (AvgIpc) is 2.16. The molecule has 3 nitrogen and oxygen atoms in total. The van der Waals surface area contributed by atoms with Gasteiger partial charge in [0.25, 0.3) is 0 Å². The molecule has 70 valence electrons. The molecule has 0 bridgehead atoms. The molecule has 1 aliphatic heterocycles. The molecule has 1 heterocycles. The quantitative estimate of drug-likeness (QED) is 0.648. The zero-order valence-electron chi connectivity index (χ0n) is 7.73. The third-order valence-corrected chi connectivity index (χ3v) is 2.46. The number of hydrogen-bond donors (Lipinski definition) is 2. The van der Waals surface area contributed by atoms with Gasteiger partial charge in [0.2, 0.25) is 5.91 Å². The summed E-state index contributed by atoms with van der Waals surface area (Å²) >= 11 is 0. The largest absolute Gasteiger partial charge is 0.359 e. The third kappa shape index (κ3) is 3.22. The average molecular weight is 170 g/mol. The summed E-state index contributed by atoms with van der Waals surface area (Å²) in [5.41, 5.74) is 0. The van der Waals surface area contributed by atoms with Gasteiger partial charge in [-0.25, -0.2) is 0 Å². The Morgan fingerprint density at radius 1 is 1.67 bits per heavy atom.